The van der Waals surface area contributed by atoms with E-state index < -0.39 is 0 Å². The number of unbranched alkanes of at least 4 members (excludes halogenated alkanes) is 3. The van der Waals surface area contributed by atoms with Gasteiger partial charge < -0.3 is 24.9 Å². The Labute approximate surface area is 163 Å². The van der Waals surface area contributed by atoms with E-state index in [1.807, 2.05) is 20.8 Å². The molecule has 138 valence electrons. The molecule has 0 atom stereocenters. The second-order valence-corrected chi connectivity index (χ2v) is 4.29. The first-order valence-corrected chi connectivity index (χ1v) is 7.90. The van der Waals surface area contributed by atoms with E-state index in [2.05, 4.69) is 0 Å². The zero-order valence-electron chi connectivity index (χ0n) is 15.9. The number of carbonyl (C=O) groups excluding carboxylic acids is 2. The molecule has 0 rings (SSSR count). The van der Waals surface area contributed by atoms with Crippen molar-refractivity contribution in [3.8, 4) is 0 Å². The van der Waals surface area contributed by atoms with E-state index in [0.29, 0.717) is 0 Å². The van der Waals surface area contributed by atoms with Gasteiger partial charge in [-0.2, -0.15) is 6.92 Å². The molecular formula is C17H36O5Zr. The van der Waals surface area contributed by atoms with E-state index >= 15 is 0 Å². The minimum Gasteiger partial charge on any atom is -0.854 e. The molecule has 0 radical (unpaired) electrons. The maximum Gasteiger partial charge on any atom is 4.00 e. The summed E-state index contributed by atoms with van der Waals surface area (Å²) in [6.07, 6.45) is 7.09. The Bertz CT molecular complexity index is 143. The van der Waals surface area contributed by atoms with Crippen LogP contribution in [0.4, 0.5) is 0 Å². The van der Waals surface area contributed by atoms with Crippen LogP contribution in [0.2, 0.25) is 0 Å². The smallest absolute Gasteiger partial charge is 0.854 e. The molecule has 0 N–H and O–H groups in total. The Morgan fingerprint density at radius 2 is 0.913 bits per heavy atom. The summed E-state index contributed by atoms with van der Waals surface area (Å²) in [4.78, 5) is 18.1. The molecule has 0 amide bonds. The minimum atomic E-state index is 0. The zero-order chi connectivity index (χ0) is 18.6. The van der Waals surface area contributed by atoms with Gasteiger partial charge >= 0.3 is 26.2 Å². The summed E-state index contributed by atoms with van der Waals surface area (Å²) in [5.74, 6) is 0.167. The van der Waals surface area contributed by atoms with Crippen molar-refractivity contribution in [3.63, 3.8) is 0 Å². The van der Waals surface area contributed by atoms with Gasteiger partial charge in [0.2, 0.25) is 0 Å². The van der Waals surface area contributed by atoms with E-state index in [-0.39, 0.29) is 51.8 Å². The molecule has 23 heavy (non-hydrogen) atoms. The zero-order valence-corrected chi connectivity index (χ0v) is 18.4. The molecule has 0 spiro atoms. The van der Waals surface area contributed by atoms with Crippen LogP contribution in [0.1, 0.15) is 80.1 Å². The van der Waals surface area contributed by atoms with E-state index in [1.165, 1.54) is 27.1 Å². The first-order chi connectivity index (χ1) is 10.4. The average molecular weight is 412 g/mol. The number of ketones is 1. The van der Waals surface area contributed by atoms with Gasteiger partial charge in [0.05, 0.1) is 0 Å². The maximum atomic E-state index is 9.53. The molecule has 0 aliphatic rings. The molecule has 0 aliphatic carbocycles. The van der Waals surface area contributed by atoms with Crippen LogP contribution in [-0.4, -0.2) is 31.9 Å². The van der Waals surface area contributed by atoms with Crippen LogP contribution in [0.15, 0.2) is 0 Å². The van der Waals surface area contributed by atoms with Crippen LogP contribution in [0.3, 0.4) is 0 Å². The Kier molecular flexibility index (Phi) is 96.2. The molecule has 5 nitrogen and oxygen atoms in total. The van der Waals surface area contributed by atoms with Crippen molar-refractivity contribution in [2.75, 3.05) is 19.8 Å². The Hall–Kier alpha value is 0.103. The monoisotopic (exact) mass is 410 g/mol. The molecule has 0 aromatic carbocycles. The van der Waals surface area contributed by atoms with Crippen molar-refractivity contribution in [2.45, 2.75) is 80.1 Å². The topological polar surface area (TPSA) is 103 Å². The van der Waals surface area contributed by atoms with Crippen molar-refractivity contribution in [1.29, 1.82) is 0 Å². The predicted molar refractivity (Wildman–Crippen MR) is 87.0 cm³/mol. The quantitative estimate of drug-likeness (QED) is 0.610. The first kappa shape index (κ1) is 38.6. The Morgan fingerprint density at radius 1 is 0.783 bits per heavy atom. The molecule has 0 aromatic heterocycles. The molecule has 0 saturated heterocycles. The van der Waals surface area contributed by atoms with E-state index in [9.17, 15) is 20.1 Å². The molecule has 0 heterocycles. The Morgan fingerprint density at radius 3 is 0.913 bits per heavy atom. The molecule has 6 heteroatoms. The van der Waals surface area contributed by atoms with Crippen LogP contribution < -0.4 is 15.3 Å². The summed E-state index contributed by atoms with van der Waals surface area (Å²) in [5.41, 5.74) is 0. The van der Waals surface area contributed by atoms with Gasteiger partial charge in [-0.1, -0.05) is 59.3 Å². The minimum absolute atomic E-state index is 0. The van der Waals surface area contributed by atoms with Crippen molar-refractivity contribution >= 4 is 12.1 Å². The summed E-state index contributed by atoms with van der Waals surface area (Å²) in [5, 5.41) is 28.6. The van der Waals surface area contributed by atoms with E-state index in [1.54, 1.807) is 0 Å². The molecule has 0 aromatic rings. The van der Waals surface area contributed by atoms with Crippen LogP contribution in [0.5, 0.6) is 0 Å². The van der Waals surface area contributed by atoms with Crippen molar-refractivity contribution in [1.82, 2.24) is 0 Å². The van der Waals surface area contributed by atoms with Gasteiger partial charge in [-0.3, -0.25) is 6.29 Å². The number of hydrogen-bond donors (Lipinski definition) is 0. The fraction of sp³-hybridized carbons (Fsp3) is 0.882. The first-order valence-electron chi connectivity index (χ1n) is 7.90. The van der Waals surface area contributed by atoms with Crippen molar-refractivity contribution in [3.05, 3.63) is 0 Å². The fourth-order valence-electron chi connectivity index (χ4n) is 0.433. The number of hydrogen-bond acceptors (Lipinski definition) is 5. The van der Waals surface area contributed by atoms with Gasteiger partial charge in [-0.15, -0.1) is 19.8 Å². The fourth-order valence-corrected chi connectivity index (χ4v) is 0.433. The number of Topliss-reactive ketones (excluding diaryl/α,β-unsaturated/α-hetero) is 1. The Balaban J connectivity index is -0.0000000393. The van der Waals surface area contributed by atoms with Crippen molar-refractivity contribution in [2.24, 2.45) is 0 Å². The second kappa shape index (κ2) is 57.3. The van der Waals surface area contributed by atoms with Crippen LogP contribution in [-0.2, 0) is 35.8 Å². The summed E-state index contributed by atoms with van der Waals surface area (Å²) in [6, 6.07) is 0. The van der Waals surface area contributed by atoms with Crippen LogP contribution >= 0.6 is 0 Å². The molecule has 0 bridgehead atoms. The summed E-state index contributed by atoms with van der Waals surface area (Å²) in [7, 11) is 0. The SMILES string of the molecule is CC(C)=O.CCCC[O-].CCCC[O-].CCCC[O-].C[C-]=O.[Zr+4]. The third-order valence-corrected chi connectivity index (χ3v) is 1.49. The van der Waals surface area contributed by atoms with Crippen molar-refractivity contribution < 1.29 is 51.1 Å². The van der Waals surface area contributed by atoms with Gasteiger partial charge in [0.1, 0.15) is 5.78 Å². The average Bonchev–Trinajstić information content (AvgIpc) is 2.43. The molecular weight excluding hydrogens is 375 g/mol. The van der Waals surface area contributed by atoms with Gasteiger partial charge in [0.15, 0.2) is 0 Å². The number of rotatable bonds is 6. The third-order valence-electron chi connectivity index (χ3n) is 1.49. The normalized spacial score (nSPS) is 7.17. The van der Waals surface area contributed by atoms with Gasteiger partial charge in [-0.25, -0.2) is 0 Å². The molecule has 0 fully saturated rings. The third kappa shape index (κ3) is 240. The largest absolute Gasteiger partial charge is 4.00 e. The molecule has 0 unspecified atom stereocenters. The van der Waals surface area contributed by atoms with E-state index in [0.717, 1.165) is 38.5 Å². The molecule has 0 saturated carbocycles. The van der Waals surface area contributed by atoms with Gasteiger partial charge in [-0.05, 0) is 13.8 Å². The summed E-state index contributed by atoms with van der Waals surface area (Å²) >= 11 is 0. The van der Waals surface area contributed by atoms with Crippen LogP contribution in [0, 0.1) is 0 Å². The van der Waals surface area contributed by atoms with Gasteiger partial charge in [0.25, 0.3) is 0 Å². The van der Waals surface area contributed by atoms with Crippen LogP contribution in [0.25, 0.3) is 0 Å². The number of carbonyl (C=O) groups is 1. The second-order valence-electron chi connectivity index (χ2n) is 4.29. The summed E-state index contributed by atoms with van der Waals surface area (Å²) in [6.45, 7) is 10.7. The molecule has 0 aliphatic heterocycles. The maximum absolute atomic E-state index is 9.53. The van der Waals surface area contributed by atoms with E-state index in [4.69, 9.17) is 4.79 Å². The summed E-state index contributed by atoms with van der Waals surface area (Å²) < 4.78 is 0. The standard InChI is InChI=1S/3C4H9O.C3H6O.C2H3O.Zr/c3*1-2-3-4-5;1-3(2)4;1-2-3;/h3*2-4H2,1H3;1-2H3;1H3;/q3*-1;;-1;+4. The van der Waals surface area contributed by atoms with Gasteiger partial charge in [0, 0.05) is 0 Å². The predicted octanol–water partition coefficient (Wildman–Crippen LogP) is 1.15.